The SMILES string of the molecule is C=C(C)COc1cc(F)c(C)cc1C(C)=O. The molecule has 0 radical (unpaired) electrons. The Bertz CT molecular complexity index is 436. The van der Waals surface area contributed by atoms with Crippen molar-refractivity contribution < 1.29 is 13.9 Å². The number of hydrogen-bond acceptors (Lipinski definition) is 2. The topological polar surface area (TPSA) is 26.3 Å². The molecule has 1 aromatic rings. The number of rotatable bonds is 4. The Morgan fingerprint density at radius 3 is 2.56 bits per heavy atom. The average Bonchev–Trinajstić information content (AvgIpc) is 2.18. The first-order chi connectivity index (χ1) is 7.41. The molecule has 0 aliphatic heterocycles. The van der Waals surface area contributed by atoms with Crippen LogP contribution in [0.2, 0.25) is 0 Å². The molecule has 0 spiro atoms. The van der Waals surface area contributed by atoms with Gasteiger partial charge in [-0.1, -0.05) is 6.58 Å². The monoisotopic (exact) mass is 222 g/mol. The fraction of sp³-hybridized carbons (Fsp3) is 0.308. The van der Waals surface area contributed by atoms with Crippen LogP contribution in [0, 0.1) is 12.7 Å². The van der Waals surface area contributed by atoms with Crippen molar-refractivity contribution in [3.63, 3.8) is 0 Å². The molecule has 1 rings (SSSR count). The van der Waals surface area contributed by atoms with Gasteiger partial charge in [-0.2, -0.15) is 0 Å². The van der Waals surface area contributed by atoms with Crippen LogP contribution >= 0.6 is 0 Å². The Morgan fingerprint density at radius 2 is 2.06 bits per heavy atom. The fourth-order valence-electron chi connectivity index (χ4n) is 1.26. The van der Waals surface area contributed by atoms with Crippen LogP contribution in [0.5, 0.6) is 5.75 Å². The van der Waals surface area contributed by atoms with Gasteiger partial charge < -0.3 is 4.74 Å². The van der Waals surface area contributed by atoms with Crippen LogP contribution in [-0.2, 0) is 0 Å². The van der Waals surface area contributed by atoms with Crippen molar-refractivity contribution in [2.45, 2.75) is 20.8 Å². The van der Waals surface area contributed by atoms with E-state index < -0.39 is 0 Å². The summed E-state index contributed by atoms with van der Waals surface area (Å²) in [6.45, 7) is 8.81. The number of carbonyl (C=O) groups is 1. The zero-order valence-corrected chi connectivity index (χ0v) is 9.76. The molecule has 0 aliphatic rings. The normalized spacial score (nSPS) is 10.0. The van der Waals surface area contributed by atoms with Gasteiger partial charge in [0.05, 0.1) is 5.56 Å². The summed E-state index contributed by atoms with van der Waals surface area (Å²) in [4.78, 5) is 11.3. The smallest absolute Gasteiger partial charge is 0.163 e. The minimum absolute atomic E-state index is 0.139. The molecule has 0 unspecified atom stereocenters. The van der Waals surface area contributed by atoms with Crippen molar-refractivity contribution >= 4 is 5.78 Å². The highest BCUT2D eigenvalue weighted by atomic mass is 19.1. The fourth-order valence-corrected chi connectivity index (χ4v) is 1.26. The Hall–Kier alpha value is -1.64. The van der Waals surface area contributed by atoms with Crippen LogP contribution in [0.1, 0.15) is 29.8 Å². The van der Waals surface area contributed by atoms with E-state index >= 15 is 0 Å². The third-order valence-corrected chi connectivity index (χ3v) is 2.11. The first-order valence-corrected chi connectivity index (χ1v) is 5.00. The number of aryl methyl sites for hydroxylation is 1. The maximum atomic E-state index is 13.3. The molecule has 1 aromatic carbocycles. The van der Waals surface area contributed by atoms with Gasteiger partial charge in [-0.05, 0) is 38.0 Å². The molecule has 0 amide bonds. The van der Waals surface area contributed by atoms with Gasteiger partial charge in [-0.25, -0.2) is 4.39 Å². The van der Waals surface area contributed by atoms with Gasteiger partial charge >= 0.3 is 0 Å². The van der Waals surface area contributed by atoms with Gasteiger partial charge in [0.25, 0.3) is 0 Å². The number of benzene rings is 1. The molecule has 0 fully saturated rings. The average molecular weight is 222 g/mol. The molecule has 16 heavy (non-hydrogen) atoms. The minimum atomic E-state index is -0.373. The van der Waals surface area contributed by atoms with E-state index in [4.69, 9.17) is 4.74 Å². The Balaban J connectivity index is 3.09. The van der Waals surface area contributed by atoms with Crippen molar-refractivity contribution in [2.75, 3.05) is 6.61 Å². The summed E-state index contributed by atoms with van der Waals surface area (Å²) in [5.41, 5.74) is 1.66. The van der Waals surface area contributed by atoms with Crippen molar-refractivity contribution in [3.05, 3.63) is 41.2 Å². The molecule has 0 saturated heterocycles. The first-order valence-electron chi connectivity index (χ1n) is 5.00. The lowest BCUT2D eigenvalue weighted by atomic mass is 10.1. The van der Waals surface area contributed by atoms with Crippen molar-refractivity contribution in [1.29, 1.82) is 0 Å². The van der Waals surface area contributed by atoms with Gasteiger partial charge in [0, 0.05) is 6.07 Å². The molecule has 86 valence electrons. The lowest BCUT2D eigenvalue weighted by Gasteiger charge is -2.11. The molecular formula is C13H15FO2. The molecule has 0 aromatic heterocycles. The Kier molecular flexibility index (Phi) is 3.82. The summed E-state index contributed by atoms with van der Waals surface area (Å²) in [6.07, 6.45) is 0. The molecular weight excluding hydrogens is 207 g/mol. The summed E-state index contributed by atoms with van der Waals surface area (Å²) < 4.78 is 18.7. The van der Waals surface area contributed by atoms with Crippen molar-refractivity contribution in [1.82, 2.24) is 0 Å². The molecule has 0 N–H and O–H groups in total. The second kappa shape index (κ2) is 4.92. The standard InChI is InChI=1S/C13H15FO2/c1-8(2)7-16-13-6-12(14)9(3)5-11(13)10(4)15/h5-6H,1,7H2,2-4H3. The second-order valence-corrected chi connectivity index (χ2v) is 3.90. The third-order valence-electron chi connectivity index (χ3n) is 2.11. The van der Waals surface area contributed by atoms with Gasteiger partial charge in [-0.15, -0.1) is 0 Å². The minimum Gasteiger partial charge on any atom is -0.488 e. The summed E-state index contributed by atoms with van der Waals surface area (Å²) >= 11 is 0. The van der Waals surface area contributed by atoms with E-state index in [1.54, 1.807) is 13.8 Å². The quantitative estimate of drug-likeness (QED) is 0.577. The van der Waals surface area contributed by atoms with Gasteiger partial charge in [0.1, 0.15) is 18.2 Å². The van der Waals surface area contributed by atoms with Crippen LogP contribution in [0.15, 0.2) is 24.3 Å². The van der Waals surface area contributed by atoms with Gasteiger partial charge in [-0.3, -0.25) is 4.79 Å². The lowest BCUT2D eigenvalue weighted by Crippen LogP contribution is -2.04. The van der Waals surface area contributed by atoms with Gasteiger partial charge in [0.15, 0.2) is 5.78 Å². The zero-order chi connectivity index (χ0) is 12.3. The van der Waals surface area contributed by atoms with E-state index in [1.165, 1.54) is 19.1 Å². The molecule has 0 aliphatic carbocycles. The first kappa shape index (κ1) is 12.4. The molecule has 3 heteroatoms. The van der Waals surface area contributed by atoms with Gasteiger partial charge in [0.2, 0.25) is 0 Å². The maximum absolute atomic E-state index is 13.3. The van der Waals surface area contributed by atoms with E-state index in [-0.39, 0.29) is 24.0 Å². The van der Waals surface area contributed by atoms with Crippen LogP contribution < -0.4 is 4.74 Å². The number of Topliss-reactive ketones (excluding diaryl/α,β-unsaturated/α-hetero) is 1. The molecule has 0 atom stereocenters. The summed E-state index contributed by atoms with van der Waals surface area (Å²) in [7, 11) is 0. The zero-order valence-electron chi connectivity index (χ0n) is 9.76. The number of halogens is 1. The van der Waals surface area contributed by atoms with E-state index in [0.717, 1.165) is 5.57 Å². The number of carbonyl (C=O) groups excluding carboxylic acids is 1. The number of hydrogen-bond donors (Lipinski definition) is 0. The van der Waals surface area contributed by atoms with E-state index in [2.05, 4.69) is 6.58 Å². The second-order valence-electron chi connectivity index (χ2n) is 3.90. The molecule has 0 bridgehead atoms. The van der Waals surface area contributed by atoms with Crippen LogP contribution in [0.25, 0.3) is 0 Å². The lowest BCUT2D eigenvalue weighted by molar-refractivity contribution is 0.101. The number of ether oxygens (including phenoxy) is 1. The van der Waals surface area contributed by atoms with E-state index in [1.807, 2.05) is 0 Å². The maximum Gasteiger partial charge on any atom is 0.163 e. The van der Waals surface area contributed by atoms with E-state index in [0.29, 0.717) is 11.1 Å². The molecule has 2 nitrogen and oxygen atoms in total. The Morgan fingerprint density at radius 1 is 1.44 bits per heavy atom. The summed E-state index contributed by atoms with van der Waals surface area (Å²) in [5.74, 6) is -0.236. The van der Waals surface area contributed by atoms with Crippen molar-refractivity contribution in [3.8, 4) is 5.75 Å². The van der Waals surface area contributed by atoms with E-state index in [9.17, 15) is 9.18 Å². The van der Waals surface area contributed by atoms with Crippen molar-refractivity contribution in [2.24, 2.45) is 0 Å². The molecule has 0 saturated carbocycles. The van der Waals surface area contributed by atoms with Crippen LogP contribution in [-0.4, -0.2) is 12.4 Å². The highest BCUT2D eigenvalue weighted by molar-refractivity contribution is 5.97. The van der Waals surface area contributed by atoms with Crippen LogP contribution in [0.3, 0.4) is 0 Å². The summed E-state index contributed by atoms with van der Waals surface area (Å²) in [5, 5.41) is 0. The predicted octanol–water partition coefficient (Wildman–Crippen LogP) is 3.29. The van der Waals surface area contributed by atoms with Crippen LogP contribution in [0.4, 0.5) is 4.39 Å². The largest absolute Gasteiger partial charge is 0.488 e. The predicted molar refractivity (Wildman–Crippen MR) is 61.5 cm³/mol. The number of ketones is 1. The molecule has 0 heterocycles. The highest BCUT2D eigenvalue weighted by Crippen LogP contribution is 2.23. The highest BCUT2D eigenvalue weighted by Gasteiger charge is 2.12. The Labute approximate surface area is 94.7 Å². The third kappa shape index (κ3) is 2.92. The summed E-state index contributed by atoms with van der Waals surface area (Å²) in [6, 6.07) is 2.75.